The van der Waals surface area contributed by atoms with Gasteiger partial charge in [0.05, 0.1) is 50.7 Å². The molecule has 242 valence electrons. The van der Waals surface area contributed by atoms with Crippen molar-refractivity contribution in [2.24, 2.45) is 7.05 Å². The molecule has 1 aliphatic heterocycles. The number of hydrogen-bond donors (Lipinski definition) is 1. The van der Waals surface area contributed by atoms with E-state index < -0.39 is 24.5 Å². The first-order valence-corrected chi connectivity index (χ1v) is 15.7. The molecule has 1 fully saturated rings. The number of fused-ring (bicyclic) bond motifs is 2. The Hall–Kier alpha value is -4.65. The predicted octanol–water partition coefficient (Wildman–Crippen LogP) is 4.47. The zero-order valence-electron chi connectivity index (χ0n) is 26.3. The van der Waals surface area contributed by atoms with E-state index in [-0.39, 0.29) is 24.3 Å². The van der Waals surface area contributed by atoms with Crippen LogP contribution >= 0.6 is 0 Å². The number of nitrogens with zero attached hydrogens (tertiary/aromatic N) is 5. The van der Waals surface area contributed by atoms with Gasteiger partial charge in [-0.05, 0) is 23.6 Å². The van der Waals surface area contributed by atoms with E-state index in [4.69, 9.17) is 18.9 Å². The third-order valence-corrected chi connectivity index (χ3v) is 8.62. The number of aryl methyl sites for hydroxylation is 2. The molecule has 1 saturated heterocycles. The van der Waals surface area contributed by atoms with Crippen LogP contribution in [0.1, 0.15) is 34.3 Å². The van der Waals surface area contributed by atoms with Crippen molar-refractivity contribution in [3.05, 3.63) is 136 Å². The van der Waals surface area contributed by atoms with Crippen molar-refractivity contribution >= 4 is 16.9 Å². The Bertz CT molecular complexity index is 2010. The van der Waals surface area contributed by atoms with Crippen LogP contribution in [0.3, 0.4) is 0 Å². The Labute approximate surface area is 271 Å². The van der Waals surface area contributed by atoms with Crippen molar-refractivity contribution in [1.82, 2.24) is 23.5 Å². The van der Waals surface area contributed by atoms with E-state index >= 15 is 0 Å². The highest BCUT2D eigenvalue weighted by Gasteiger charge is 2.48. The minimum absolute atomic E-state index is 0.225. The van der Waals surface area contributed by atoms with E-state index in [1.807, 2.05) is 103 Å². The fourth-order valence-electron chi connectivity index (χ4n) is 6.24. The van der Waals surface area contributed by atoms with Gasteiger partial charge < -0.3 is 24.1 Å². The van der Waals surface area contributed by atoms with Gasteiger partial charge in [-0.1, -0.05) is 91.0 Å². The lowest BCUT2D eigenvalue weighted by atomic mass is 10.1. The van der Waals surface area contributed by atoms with E-state index in [0.717, 1.165) is 16.7 Å². The smallest absolute Gasteiger partial charge is 0.287 e. The Morgan fingerprint density at radius 2 is 1.40 bits per heavy atom. The molecule has 3 aromatic heterocycles. The Balaban J connectivity index is 1.28. The first-order chi connectivity index (χ1) is 23.0. The molecule has 47 heavy (non-hydrogen) atoms. The largest absolute Gasteiger partial charge is 0.390 e. The molecular weight excluding hydrogens is 598 g/mol. The molecule has 0 radical (unpaired) electrons. The zero-order chi connectivity index (χ0) is 32.3. The van der Waals surface area contributed by atoms with Crippen molar-refractivity contribution in [2.45, 2.75) is 57.9 Å². The van der Waals surface area contributed by atoms with Crippen LogP contribution in [0.25, 0.3) is 16.9 Å². The molecule has 6 aromatic rings. The van der Waals surface area contributed by atoms with E-state index in [2.05, 4.69) is 9.97 Å². The number of imidazole rings is 2. The molecule has 0 bridgehead atoms. The van der Waals surface area contributed by atoms with Crippen molar-refractivity contribution in [3.63, 3.8) is 0 Å². The average Bonchev–Trinajstić information content (AvgIpc) is 3.80. The molecule has 0 spiro atoms. The van der Waals surface area contributed by atoms with Crippen molar-refractivity contribution in [3.8, 4) is 0 Å². The Morgan fingerprint density at radius 3 is 2.00 bits per heavy atom. The van der Waals surface area contributed by atoms with Gasteiger partial charge in [-0.25, -0.2) is 14.4 Å². The molecule has 0 amide bonds. The molecule has 0 unspecified atom stereocenters. The molecule has 4 heterocycles. The highest BCUT2D eigenvalue weighted by Crippen LogP contribution is 2.37. The van der Waals surface area contributed by atoms with E-state index in [1.165, 1.54) is 4.40 Å². The summed E-state index contributed by atoms with van der Waals surface area (Å²) >= 11 is 0. The molecule has 1 N–H and O–H groups in total. The number of aromatic nitrogens is 5. The van der Waals surface area contributed by atoms with Crippen LogP contribution in [0.15, 0.2) is 102 Å². The second kappa shape index (κ2) is 13.6. The maximum Gasteiger partial charge on any atom is 0.287 e. The molecule has 11 heteroatoms. The summed E-state index contributed by atoms with van der Waals surface area (Å²) in [5.74, 6) is 0.394. The van der Waals surface area contributed by atoms with Crippen LogP contribution in [0, 0.1) is 6.92 Å². The van der Waals surface area contributed by atoms with Crippen LogP contribution in [-0.4, -0.2) is 53.5 Å². The summed E-state index contributed by atoms with van der Waals surface area (Å²) in [5, 5.41) is 10.00. The lowest BCUT2D eigenvalue weighted by molar-refractivity contribution is -0.0914. The molecular formula is C36H37N5O6. The number of aliphatic hydroxyl groups is 1. The van der Waals surface area contributed by atoms with E-state index in [0.29, 0.717) is 42.6 Å². The zero-order valence-corrected chi connectivity index (χ0v) is 26.3. The lowest BCUT2D eigenvalue weighted by Gasteiger charge is -2.26. The van der Waals surface area contributed by atoms with Crippen LogP contribution < -0.4 is 5.56 Å². The Morgan fingerprint density at radius 1 is 0.830 bits per heavy atom. The quantitative estimate of drug-likeness (QED) is 0.210. The SMILES string of the molecule is Cc1nc2n(C)c3c(ncn3[C@@H]3O[C@H](COCc4ccccc4)[C@@H](OCc4ccccc4)[C@H]3OCc3ccccc3)c(=O)n2c1CO. The standard InChI is InChI=1S/C36H37N5O6/c1-24-28(18-42)41-34(43)30-33(39(2)36(41)38-24)40(23-37-30)35-32(46-21-27-16-10-5-11-17-27)31(45-20-26-14-8-4-9-15-26)29(47-35)22-44-19-25-12-6-3-7-13-25/h3-17,23,29,31-32,35,42H,18-22H2,1-2H3/t29-,31-,32-,35-/m1/s1. The summed E-state index contributed by atoms with van der Waals surface area (Å²) in [6.07, 6.45) is -0.727. The third-order valence-electron chi connectivity index (χ3n) is 8.62. The summed E-state index contributed by atoms with van der Waals surface area (Å²) in [4.78, 5) is 22.9. The summed E-state index contributed by atoms with van der Waals surface area (Å²) in [5.41, 5.74) is 4.47. The normalized spacial score (nSPS) is 19.6. The first kappa shape index (κ1) is 31.0. The molecule has 0 aliphatic carbocycles. The minimum Gasteiger partial charge on any atom is -0.390 e. The summed E-state index contributed by atoms with van der Waals surface area (Å²) in [6.45, 7) is 2.80. The van der Waals surface area contributed by atoms with Crippen LogP contribution in [0.5, 0.6) is 0 Å². The van der Waals surface area contributed by atoms with Gasteiger partial charge in [0, 0.05) is 7.05 Å². The van der Waals surface area contributed by atoms with Gasteiger partial charge in [0.15, 0.2) is 17.4 Å². The van der Waals surface area contributed by atoms with Crippen LogP contribution in [0.2, 0.25) is 0 Å². The van der Waals surface area contributed by atoms with Crippen LogP contribution in [-0.2, 0) is 52.4 Å². The topological polar surface area (TPSA) is 114 Å². The summed E-state index contributed by atoms with van der Waals surface area (Å²) in [6, 6.07) is 29.9. The van der Waals surface area contributed by atoms with Crippen molar-refractivity contribution in [1.29, 1.82) is 0 Å². The van der Waals surface area contributed by atoms with Gasteiger partial charge in [0.1, 0.15) is 18.3 Å². The van der Waals surface area contributed by atoms with Crippen molar-refractivity contribution in [2.75, 3.05) is 6.61 Å². The first-order valence-electron chi connectivity index (χ1n) is 15.7. The highest BCUT2D eigenvalue weighted by molar-refractivity contribution is 5.73. The molecule has 1 aliphatic rings. The van der Waals surface area contributed by atoms with Gasteiger partial charge in [0.25, 0.3) is 5.56 Å². The number of rotatable bonds is 12. The van der Waals surface area contributed by atoms with Gasteiger partial charge >= 0.3 is 0 Å². The number of benzene rings is 3. The summed E-state index contributed by atoms with van der Waals surface area (Å²) < 4.78 is 31.3. The number of hydrogen-bond acceptors (Lipinski definition) is 8. The van der Waals surface area contributed by atoms with Gasteiger partial charge in [0.2, 0.25) is 5.78 Å². The number of aliphatic hydroxyl groups excluding tert-OH is 1. The van der Waals surface area contributed by atoms with E-state index in [1.54, 1.807) is 17.8 Å². The molecule has 0 saturated carbocycles. The molecule has 11 nitrogen and oxygen atoms in total. The average molecular weight is 636 g/mol. The lowest BCUT2D eigenvalue weighted by Crippen LogP contribution is -2.38. The second-order valence-electron chi connectivity index (χ2n) is 11.7. The molecule has 3 aromatic carbocycles. The maximum atomic E-state index is 13.7. The summed E-state index contributed by atoms with van der Waals surface area (Å²) in [7, 11) is 1.82. The highest BCUT2D eigenvalue weighted by atomic mass is 16.6. The Kier molecular flexibility index (Phi) is 8.96. The van der Waals surface area contributed by atoms with E-state index in [9.17, 15) is 9.90 Å². The van der Waals surface area contributed by atoms with Gasteiger partial charge in [-0.3, -0.25) is 13.9 Å². The predicted molar refractivity (Wildman–Crippen MR) is 174 cm³/mol. The molecule has 7 rings (SSSR count). The maximum absolute atomic E-state index is 13.7. The monoisotopic (exact) mass is 635 g/mol. The number of ether oxygens (including phenoxy) is 4. The fraction of sp³-hybridized carbons (Fsp3) is 0.306. The van der Waals surface area contributed by atoms with Gasteiger partial charge in [-0.2, -0.15) is 0 Å². The van der Waals surface area contributed by atoms with Crippen molar-refractivity contribution < 1.29 is 24.1 Å². The second-order valence-corrected chi connectivity index (χ2v) is 11.7. The third kappa shape index (κ3) is 6.11. The fourth-order valence-corrected chi connectivity index (χ4v) is 6.24. The molecule has 4 atom stereocenters. The van der Waals surface area contributed by atoms with Gasteiger partial charge in [-0.15, -0.1) is 0 Å². The van der Waals surface area contributed by atoms with Crippen LogP contribution in [0.4, 0.5) is 0 Å². The minimum atomic E-state index is -0.712.